The molecule has 3 amide bonds. The zero-order valence-corrected chi connectivity index (χ0v) is 18.1. The molecular formula is C20H28F2N2O5S. The van der Waals surface area contributed by atoms with Crippen LogP contribution in [-0.4, -0.2) is 56.5 Å². The lowest BCUT2D eigenvalue weighted by Gasteiger charge is -2.16. The topological polar surface area (TPSA) is 92.8 Å². The van der Waals surface area contributed by atoms with Crippen LogP contribution in [0.25, 0.3) is 0 Å². The lowest BCUT2D eigenvalue weighted by molar-refractivity contribution is -0.118. The molecule has 1 atom stereocenters. The summed E-state index contributed by atoms with van der Waals surface area (Å²) in [5.74, 6) is -3.46. The Morgan fingerprint density at radius 2 is 1.93 bits per heavy atom. The van der Waals surface area contributed by atoms with E-state index < -0.39 is 39.2 Å². The Bertz CT molecular complexity index is 876. The van der Waals surface area contributed by atoms with Crippen molar-refractivity contribution in [1.29, 1.82) is 0 Å². The number of imide groups is 1. The highest BCUT2D eigenvalue weighted by Gasteiger charge is 2.26. The van der Waals surface area contributed by atoms with Gasteiger partial charge in [0.25, 0.3) is 0 Å². The van der Waals surface area contributed by atoms with Crippen LogP contribution in [0, 0.1) is 11.6 Å². The van der Waals surface area contributed by atoms with Crippen LogP contribution in [0.1, 0.15) is 51.0 Å². The molecule has 1 fully saturated rings. The number of sulfone groups is 1. The molecule has 0 aliphatic carbocycles. The Morgan fingerprint density at radius 1 is 1.20 bits per heavy atom. The molecule has 0 aromatic heterocycles. The van der Waals surface area contributed by atoms with Gasteiger partial charge in [-0.05, 0) is 36.8 Å². The predicted molar refractivity (Wildman–Crippen MR) is 108 cm³/mol. The molecule has 7 nitrogen and oxygen atoms in total. The number of ether oxygens (including phenoxy) is 1. The van der Waals surface area contributed by atoms with Gasteiger partial charge in [-0.15, -0.1) is 0 Å². The predicted octanol–water partition coefficient (Wildman–Crippen LogP) is 2.99. The molecule has 168 valence electrons. The van der Waals surface area contributed by atoms with E-state index in [1.54, 1.807) is 6.92 Å². The minimum atomic E-state index is -3.45. The van der Waals surface area contributed by atoms with E-state index >= 15 is 0 Å². The standard InChI is InChI=1S/C20H28F2N2O5S/c1-3-10-29-19-16(21)8-7-15(18(19)22)14(2)13-30(27,28)11-6-4-5-9-24-12-17(25)23-20(24)26/h7-8,14H,3-6,9-13H2,1-2H3,(H,23,25,26)/t14-/m1/s1. The first kappa shape index (κ1) is 24.0. The first-order chi connectivity index (χ1) is 14.1. The van der Waals surface area contributed by atoms with E-state index in [0.29, 0.717) is 32.2 Å². The number of nitrogens with one attached hydrogen (secondary N) is 1. The van der Waals surface area contributed by atoms with Gasteiger partial charge in [-0.2, -0.15) is 0 Å². The summed E-state index contributed by atoms with van der Waals surface area (Å²) in [6, 6.07) is 1.92. The third kappa shape index (κ3) is 6.65. The fourth-order valence-corrected chi connectivity index (χ4v) is 5.04. The fourth-order valence-electron chi connectivity index (χ4n) is 3.28. The van der Waals surface area contributed by atoms with Crippen molar-refractivity contribution in [3.05, 3.63) is 29.3 Å². The van der Waals surface area contributed by atoms with E-state index in [9.17, 15) is 26.8 Å². The number of carbonyl (C=O) groups excluding carboxylic acids is 2. The highest BCUT2D eigenvalue weighted by Crippen LogP contribution is 2.30. The molecule has 30 heavy (non-hydrogen) atoms. The first-order valence-corrected chi connectivity index (χ1v) is 11.9. The van der Waals surface area contributed by atoms with Crippen molar-refractivity contribution in [3.63, 3.8) is 0 Å². The number of rotatable bonds is 12. The lowest BCUT2D eigenvalue weighted by atomic mass is 10.0. The summed E-state index contributed by atoms with van der Waals surface area (Å²) in [6.07, 6.45) is 2.14. The van der Waals surface area contributed by atoms with Crippen LogP contribution in [0.15, 0.2) is 12.1 Å². The Kier molecular flexibility index (Phi) is 8.57. The van der Waals surface area contributed by atoms with Gasteiger partial charge in [0.05, 0.1) is 18.1 Å². The maximum atomic E-state index is 14.6. The molecule has 10 heteroatoms. The van der Waals surface area contributed by atoms with E-state index in [1.165, 1.54) is 11.0 Å². The van der Waals surface area contributed by atoms with Gasteiger partial charge < -0.3 is 9.64 Å². The summed E-state index contributed by atoms with van der Waals surface area (Å²) in [5.41, 5.74) is 0.107. The number of urea groups is 1. The fraction of sp³-hybridized carbons (Fsp3) is 0.600. The van der Waals surface area contributed by atoms with E-state index in [4.69, 9.17) is 4.74 Å². The third-order valence-electron chi connectivity index (χ3n) is 4.82. The second-order valence-electron chi connectivity index (χ2n) is 7.48. The zero-order valence-electron chi connectivity index (χ0n) is 17.2. The van der Waals surface area contributed by atoms with Gasteiger partial charge >= 0.3 is 6.03 Å². The molecule has 1 N–H and O–H groups in total. The van der Waals surface area contributed by atoms with Gasteiger partial charge in [-0.1, -0.05) is 26.3 Å². The molecule has 1 aromatic carbocycles. The lowest BCUT2D eigenvalue weighted by Crippen LogP contribution is -2.29. The zero-order chi connectivity index (χ0) is 22.3. The summed E-state index contributed by atoms with van der Waals surface area (Å²) in [4.78, 5) is 23.9. The van der Waals surface area contributed by atoms with Crippen molar-refractivity contribution in [2.75, 3.05) is 31.2 Å². The number of carbonyl (C=O) groups is 2. The molecule has 0 bridgehead atoms. The van der Waals surface area contributed by atoms with Gasteiger partial charge in [0.2, 0.25) is 5.91 Å². The summed E-state index contributed by atoms with van der Waals surface area (Å²) >= 11 is 0. The molecule has 2 rings (SSSR count). The summed E-state index contributed by atoms with van der Waals surface area (Å²) in [5, 5.41) is 2.18. The molecule has 1 aliphatic rings. The van der Waals surface area contributed by atoms with Gasteiger partial charge in [0.1, 0.15) is 6.54 Å². The van der Waals surface area contributed by atoms with E-state index in [1.807, 2.05) is 6.92 Å². The van der Waals surface area contributed by atoms with Crippen LogP contribution >= 0.6 is 0 Å². The minimum Gasteiger partial charge on any atom is -0.488 e. The van der Waals surface area contributed by atoms with Gasteiger partial charge in [-0.25, -0.2) is 22.0 Å². The number of amides is 3. The maximum Gasteiger partial charge on any atom is 0.324 e. The number of nitrogens with zero attached hydrogens (tertiary/aromatic N) is 1. The third-order valence-corrected chi connectivity index (χ3v) is 6.73. The highest BCUT2D eigenvalue weighted by atomic mass is 32.2. The molecule has 0 spiro atoms. The average molecular weight is 447 g/mol. The van der Waals surface area contributed by atoms with Crippen molar-refractivity contribution in [1.82, 2.24) is 10.2 Å². The normalized spacial score (nSPS) is 15.4. The number of benzene rings is 1. The monoisotopic (exact) mass is 446 g/mol. The Balaban J connectivity index is 1.84. The van der Waals surface area contributed by atoms with Crippen LogP contribution < -0.4 is 10.1 Å². The van der Waals surface area contributed by atoms with E-state index in [0.717, 1.165) is 6.07 Å². The van der Waals surface area contributed by atoms with E-state index in [2.05, 4.69) is 5.32 Å². The Morgan fingerprint density at radius 3 is 2.57 bits per heavy atom. The molecular weight excluding hydrogens is 418 g/mol. The van der Waals surface area contributed by atoms with Crippen LogP contribution in [0.2, 0.25) is 0 Å². The number of unbranched alkanes of at least 4 members (excludes halogenated alkanes) is 2. The van der Waals surface area contributed by atoms with E-state index in [-0.39, 0.29) is 36.1 Å². The molecule has 1 heterocycles. The largest absolute Gasteiger partial charge is 0.488 e. The second kappa shape index (κ2) is 10.7. The summed E-state index contributed by atoms with van der Waals surface area (Å²) < 4.78 is 58.4. The van der Waals surface area contributed by atoms with Crippen LogP contribution in [0.3, 0.4) is 0 Å². The molecule has 0 saturated carbocycles. The SMILES string of the molecule is CCCOc1c(F)ccc([C@H](C)CS(=O)(=O)CCCCCN2CC(=O)NC2=O)c1F. The molecule has 1 aliphatic heterocycles. The smallest absolute Gasteiger partial charge is 0.324 e. The Labute approximate surface area is 175 Å². The molecule has 1 saturated heterocycles. The molecule has 0 unspecified atom stereocenters. The first-order valence-electron chi connectivity index (χ1n) is 10.0. The molecule has 1 aromatic rings. The quantitative estimate of drug-likeness (QED) is 0.394. The van der Waals surface area contributed by atoms with Crippen molar-refractivity contribution in [3.8, 4) is 5.75 Å². The average Bonchev–Trinajstić information content (AvgIpc) is 2.98. The number of halogens is 2. The minimum absolute atomic E-state index is 0.0296. The van der Waals surface area contributed by atoms with Crippen molar-refractivity contribution in [2.45, 2.75) is 45.4 Å². The van der Waals surface area contributed by atoms with Crippen LogP contribution in [-0.2, 0) is 14.6 Å². The maximum absolute atomic E-state index is 14.6. The van der Waals surface area contributed by atoms with Crippen molar-refractivity contribution in [2.24, 2.45) is 0 Å². The second-order valence-corrected chi connectivity index (χ2v) is 9.71. The van der Waals surface area contributed by atoms with Crippen LogP contribution in [0.5, 0.6) is 5.75 Å². The molecule has 0 radical (unpaired) electrons. The van der Waals surface area contributed by atoms with Crippen molar-refractivity contribution >= 4 is 21.8 Å². The highest BCUT2D eigenvalue weighted by molar-refractivity contribution is 7.91. The van der Waals surface area contributed by atoms with Gasteiger partial charge in [0, 0.05) is 6.54 Å². The Hall–Kier alpha value is -2.23. The van der Waals surface area contributed by atoms with Crippen LogP contribution in [0.4, 0.5) is 13.6 Å². The van der Waals surface area contributed by atoms with Crippen molar-refractivity contribution < 1.29 is 31.5 Å². The van der Waals surface area contributed by atoms with Gasteiger partial charge in [0.15, 0.2) is 27.2 Å². The summed E-state index contributed by atoms with van der Waals surface area (Å²) in [6.45, 7) is 3.98. The number of hydrogen-bond donors (Lipinski definition) is 1. The van der Waals surface area contributed by atoms with Gasteiger partial charge in [-0.3, -0.25) is 10.1 Å². The summed E-state index contributed by atoms with van der Waals surface area (Å²) in [7, 11) is -3.45. The number of hydrogen-bond acceptors (Lipinski definition) is 5.